The summed E-state index contributed by atoms with van der Waals surface area (Å²) in [6.45, 7) is 8.93. The summed E-state index contributed by atoms with van der Waals surface area (Å²) in [7, 11) is -1.97. The molecule has 0 bridgehead atoms. The van der Waals surface area contributed by atoms with E-state index in [4.69, 9.17) is 4.74 Å². The molecule has 2 unspecified atom stereocenters. The van der Waals surface area contributed by atoms with E-state index in [-0.39, 0.29) is 11.8 Å². The lowest BCUT2D eigenvalue weighted by molar-refractivity contribution is -0.179. The second-order valence-electron chi connectivity index (χ2n) is 5.80. The van der Waals surface area contributed by atoms with Crippen molar-refractivity contribution in [3.05, 3.63) is 0 Å². The Bertz CT molecular complexity index is 411. The molecular formula is C13H24N2O4Si. The predicted molar refractivity (Wildman–Crippen MR) is 77.2 cm³/mol. The van der Waals surface area contributed by atoms with Gasteiger partial charge in [0, 0.05) is 13.8 Å². The third-order valence-corrected chi connectivity index (χ3v) is 6.84. The van der Waals surface area contributed by atoms with E-state index < -0.39 is 26.5 Å². The van der Waals surface area contributed by atoms with Crippen molar-refractivity contribution in [3.63, 3.8) is 0 Å². The van der Waals surface area contributed by atoms with Crippen LogP contribution in [-0.2, 0) is 19.1 Å². The molecule has 2 atom stereocenters. The number of hydrogen-bond acceptors (Lipinski definition) is 4. The van der Waals surface area contributed by atoms with Crippen molar-refractivity contribution in [3.8, 4) is 0 Å². The average molecular weight is 300 g/mol. The lowest BCUT2D eigenvalue weighted by Gasteiger charge is -2.53. The summed E-state index contributed by atoms with van der Waals surface area (Å²) in [5.41, 5.74) is 0. The number of hydrogen-bond donors (Lipinski definition) is 1. The monoisotopic (exact) mass is 300 g/mol. The van der Waals surface area contributed by atoms with Crippen molar-refractivity contribution in [2.24, 2.45) is 0 Å². The topological polar surface area (TPSA) is 75.7 Å². The van der Waals surface area contributed by atoms with Gasteiger partial charge in [-0.05, 0) is 6.04 Å². The molecule has 0 radical (unpaired) electrons. The first-order chi connectivity index (χ1) is 9.20. The van der Waals surface area contributed by atoms with Crippen LogP contribution in [0.4, 0.5) is 0 Å². The summed E-state index contributed by atoms with van der Waals surface area (Å²) >= 11 is 0. The molecule has 0 aromatic heterocycles. The fraction of sp³-hybridized carbons (Fsp3) is 0.769. The maximum Gasteiger partial charge on any atom is 0.304 e. The molecule has 1 rings (SSSR count). The van der Waals surface area contributed by atoms with E-state index >= 15 is 0 Å². The Morgan fingerprint density at radius 2 is 1.95 bits per heavy atom. The van der Waals surface area contributed by atoms with Gasteiger partial charge in [-0.3, -0.25) is 14.4 Å². The molecule has 2 amide bonds. The average Bonchev–Trinajstić information content (AvgIpc) is 2.32. The van der Waals surface area contributed by atoms with Crippen LogP contribution in [0, 0.1) is 0 Å². The van der Waals surface area contributed by atoms with Crippen molar-refractivity contribution in [1.29, 1.82) is 0 Å². The number of nitrogens with one attached hydrogen (secondary N) is 1. The quantitative estimate of drug-likeness (QED) is 0.455. The summed E-state index contributed by atoms with van der Waals surface area (Å²) in [6.07, 6.45) is 1.45. The molecule has 0 aromatic carbocycles. The minimum absolute atomic E-state index is 0.140. The molecule has 0 aromatic rings. The largest absolute Gasteiger partial charge is 0.440 e. The molecule has 114 valence electrons. The summed E-state index contributed by atoms with van der Waals surface area (Å²) < 4.78 is 6.93. The standard InChI is InChI=1S/C13H24N2O4Si/c1-6-7-8-20(4,5)15-12(18)11(14-9(2)16)13(15)19-10(3)17/h11,13H,6-8H2,1-5H3,(H,14,16). The number of esters is 1. The Morgan fingerprint density at radius 3 is 2.40 bits per heavy atom. The van der Waals surface area contributed by atoms with Crippen molar-refractivity contribution in [1.82, 2.24) is 9.88 Å². The molecule has 6 nitrogen and oxygen atoms in total. The van der Waals surface area contributed by atoms with Crippen molar-refractivity contribution >= 4 is 26.0 Å². The maximum absolute atomic E-state index is 12.3. The van der Waals surface area contributed by atoms with Crippen molar-refractivity contribution < 1.29 is 19.1 Å². The van der Waals surface area contributed by atoms with E-state index in [0.29, 0.717) is 0 Å². The van der Waals surface area contributed by atoms with Gasteiger partial charge in [0.15, 0.2) is 20.5 Å². The molecule has 1 heterocycles. The van der Waals surface area contributed by atoms with Crippen molar-refractivity contribution in [2.75, 3.05) is 0 Å². The smallest absolute Gasteiger partial charge is 0.304 e. The van der Waals surface area contributed by atoms with Gasteiger partial charge in [0.1, 0.15) is 0 Å². The summed E-state index contributed by atoms with van der Waals surface area (Å²) in [5.74, 6) is -0.879. The highest BCUT2D eigenvalue weighted by molar-refractivity contribution is 6.77. The number of rotatable bonds is 6. The van der Waals surface area contributed by atoms with Crippen LogP contribution < -0.4 is 5.32 Å². The molecule has 0 aliphatic carbocycles. The summed E-state index contributed by atoms with van der Waals surface area (Å²) in [6, 6.07) is 0.226. The van der Waals surface area contributed by atoms with Gasteiger partial charge >= 0.3 is 5.97 Å². The van der Waals surface area contributed by atoms with Crippen LogP contribution in [0.2, 0.25) is 19.1 Å². The lowest BCUT2D eigenvalue weighted by Crippen LogP contribution is -2.77. The van der Waals surface area contributed by atoms with Crippen LogP contribution in [0.25, 0.3) is 0 Å². The number of unbranched alkanes of at least 4 members (excludes halogenated alkanes) is 1. The van der Waals surface area contributed by atoms with E-state index in [1.165, 1.54) is 13.8 Å². The zero-order valence-electron chi connectivity index (χ0n) is 12.9. The predicted octanol–water partition coefficient (Wildman–Crippen LogP) is 1.23. The normalized spacial score (nSPS) is 22.2. The molecule has 1 aliphatic rings. The number of carbonyl (C=O) groups is 3. The van der Waals surface area contributed by atoms with Gasteiger partial charge < -0.3 is 14.6 Å². The van der Waals surface area contributed by atoms with Gasteiger partial charge in [-0.15, -0.1) is 0 Å². The van der Waals surface area contributed by atoms with E-state index in [0.717, 1.165) is 18.9 Å². The fourth-order valence-electron chi connectivity index (χ4n) is 2.48. The maximum atomic E-state index is 12.3. The Kier molecular flexibility index (Phi) is 5.32. The lowest BCUT2D eigenvalue weighted by atomic mass is 10.1. The number of β-lactam (4-membered cyclic amide) rings is 1. The van der Waals surface area contributed by atoms with Gasteiger partial charge in [0.05, 0.1) is 0 Å². The Balaban J connectivity index is 2.86. The number of ether oxygens (including phenoxy) is 1. The van der Waals surface area contributed by atoms with Gasteiger partial charge in [0.2, 0.25) is 11.8 Å². The Hall–Kier alpha value is -1.37. The third kappa shape index (κ3) is 3.59. The van der Waals surface area contributed by atoms with Crippen LogP contribution in [0.1, 0.15) is 33.6 Å². The number of amides is 2. The zero-order valence-corrected chi connectivity index (χ0v) is 13.9. The van der Waals surface area contributed by atoms with Gasteiger partial charge in [0.25, 0.3) is 0 Å². The molecule has 7 heteroatoms. The highest BCUT2D eigenvalue weighted by Crippen LogP contribution is 2.31. The van der Waals surface area contributed by atoms with Crippen LogP contribution in [-0.4, -0.2) is 42.9 Å². The van der Waals surface area contributed by atoms with E-state index in [9.17, 15) is 14.4 Å². The van der Waals surface area contributed by atoms with Gasteiger partial charge in [-0.25, -0.2) is 0 Å². The molecule has 1 saturated heterocycles. The Morgan fingerprint density at radius 1 is 1.35 bits per heavy atom. The van der Waals surface area contributed by atoms with Crippen LogP contribution in [0.5, 0.6) is 0 Å². The molecule has 1 N–H and O–H groups in total. The van der Waals surface area contributed by atoms with E-state index in [1.54, 1.807) is 4.57 Å². The molecule has 1 aliphatic heterocycles. The number of carbonyl (C=O) groups excluding carboxylic acids is 3. The van der Waals surface area contributed by atoms with Gasteiger partial charge in [-0.2, -0.15) is 0 Å². The third-order valence-electron chi connectivity index (χ3n) is 3.48. The minimum atomic E-state index is -1.97. The zero-order chi connectivity index (χ0) is 15.5. The first-order valence-electron chi connectivity index (χ1n) is 6.98. The fourth-order valence-corrected chi connectivity index (χ4v) is 5.57. The van der Waals surface area contributed by atoms with E-state index in [2.05, 4.69) is 25.3 Å². The second kappa shape index (κ2) is 6.38. The molecule has 0 spiro atoms. The van der Waals surface area contributed by atoms with Crippen molar-refractivity contribution in [2.45, 2.75) is 65.0 Å². The second-order valence-corrected chi connectivity index (χ2v) is 10.4. The molecular weight excluding hydrogens is 276 g/mol. The summed E-state index contributed by atoms with van der Waals surface area (Å²) in [5, 5.41) is 2.56. The van der Waals surface area contributed by atoms with Crippen LogP contribution >= 0.6 is 0 Å². The first kappa shape index (κ1) is 16.7. The Labute approximate surface area is 120 Å². The molecule has 0 saturated carbocycles. The minimum Gasteiger partial charge on any atom is -0.440 e. The highest BCUT2D eigenvalue weighted by atomic mass is 28.3. The van der Waals surface area contributed by atoms with E-state index in [1.807, 2.05) is 0 Å². The van der Waals surface area contributed by atoms with Crippen LogP contribution in [0.15, 0.2) is 0 Å². The summed E-state index contributed by atoms with van der Waals surface area (Å²) in [4.78, 5) is 34.6. The first-order valence-corrected chi connectivity index (χ1v) is 10.1. The highest BCUT2D eigenvalue weighted by Gasteiger charge is 2.55. The van der Waals surface area contributed by atoms with Gasteiger partial charge in [-0.1, -0.05) is 32.9 Å². The van der Waals surface area contributed by atoms with Crippen LogP contribution in [0.3, 0.4) is 0 Å². The number of nitrogens with zero attached hydrogens (tertiary/aromatic N) is 1. The molecule has 1 fully saturated rings. The molecule has 20 heavy (non-hydrogen) atoms. The SMILES string of the molecule is CCCC[Si](C)(C)N1C(=O)C(NC(C)=O)C1OC(C)=O.